The standard InChI is InChI=1S/C11H26N2/c1-3-4-10-13(2)11-8-6-5-7-9-12/h3-12H2,1-2H3. The lowest BCUT2D eigenvalue weighted by Gasteiger charge is -2.15. The van der Waals surface area contributed by atoms with Crippen LogP contribution in [0, 0.1) is 0 Å². The van der Waals surface area contributed by atoms with E-state index < -0.39 is 0 Å². The molecule has 13 heavy (non-hydrogen) atoms. The second kappa shape index (κ2) is 10.0. The summed E-state index contributed by atoms with van der Waals surface area (Å²) in [6, 6.07) is 0. The Kier molecular flexibility index (Phi) is 9.94. The lowest BCUT2D eigenvalue weighted by molar-refractivity contribution is 0.318. The molecule has 0 heterocycles. The largest absolute Gasteiger partial charge is 0.330 e. The Balaban J connectivity index is 3.03. The van der Waals surface area contributed by atoms with Crippen LogP contribution in [-0.4, -0.2) is 31.6 Å². The van der Waals surface area contributed by atoms with E-state index in [9.17, 15) is 0 Å². The van der Waals surface area contributed by atoms with Crippen molar-refractivity contribution in [3.63, 3.8) is 0 Å². The summed E-state index contributed by atoms with van der Waals surface area (Å²) in [4.78, 5) is 2.44. The molecule has 0 aliphatic rings. The first kappa shape index (κ1) is 12.9. The van der Waals surface area contributed by atoms with Gasteiger partial charge >= 0.3 is 0 Å². The summed E-state index contributed by atoms with van der Waals surface area (Å²) in [5, 5.41) is 0. The van der Waals surface area contributed by atoms with Crippen molar-refractivity contribution in [1.82, 2.24) is 4.90 Å². The maximum absolute atomic E-state index is 5.43. The Morgan fingerprint density at radius 1 is 0.923 bits per heavy atom. The van der Waals surface area contributed by atoms with E-state index in [4.69, 9.17) is 5.73 Å². The van der Waals surface area contributed by atoms with Gasteiger partial charge in [0, 0.05) is 0 Å². The van der Waals surface area contributed by atoms with E-state index in [1.807, 2.05) is 0 Å². The first-order valence-electron chi connectivity index (χ1n) is 5.70. The zero-order valence-corrected chi connectivity index (χ0v) is 9.39. The Morgan fingerprint density at radius 3 is 2.15 bits per heavy atom. The quantitative estimate of drug-likeness (QED) is 0.560. The fraction of sp³-hybridized carbons (Fsp3) is 1.00. The van der Waals surface area contributed by atoms with Gasteiger partial charge in [-0.15, -0.1) is 0 Å². The topological polar surface area (TPSA) is 29.3 Å². The molecule has 0 unspecified atom stereocenters. The van der Waals surface area contributed by atoms with Gasteiger partial charge in [0.1, 0.15) is 0 Å². The third kappa shape index (κ3) is 9.84. The van der Waals surface area contributed by atoms with Gasteiger partial charge in [-0.25, -0.2) is 0 Å². The second-order valence-electron chi connectivity index (χ2n) is 3.86. The molecule has 0 rings (SSSR count). The molecular weight excluding hydrogens is 160 g/mol. The van der Waals surface area contributed by atoms with E-state index >= 15 is 0 Å². The summed E-state index contributed by atoms with van der Waals surface area (Å²) in [6.07, 6.45) is 7.81. The highest BCUT2D eigenvalue weighted by Crippen LogP contribution is 2.00. The van der Waals surface area contributed by atoms with E-state index in [0.29, 0.717) is 0 Å². The van der Waals surface area contributed by atoms with E-state index in [0.717, 1.165) is 6.54 Å². The van der Waals surface area contributed by atoms with Crippen molar-refractivity contribution >= 4 is 0 Å². The smallest absolute Gasteiger partial charge is 0.00218 e. The van der Waals surface area contributed by atoms with Crippen LogP contribution in [0.1, 0.15) is 45.4 Å². The van der Waals surface area contributed by atoms with Crippen molar-refractivity contribution in [1.29, 1.82) is 0 Å². The van der Waals surface area contributed by atoms with Crippen molar-refractivity contribution in [2.45, 2.75) is 45.4 Å². The van der Waals surface area contributed by atoms with Crippen molar-refractivity contribution in [3.05, 3.63) is 0 Å². The summed E-state index contributed by atoms with van der Waals surface area (Å²) in [5.41, 5.74) is 5.43. The normalized spacial score (nSPS) is 11.1. The van der Waals surface area contributed by atoms with Gasteiger partial charge in [-0.1, -0.05) is 26.2 Å². The fourth-order valence-corrected chi connectivity index (χ4v) is 1.42. The molecule has 0 radical (unpaired) electrons. The van der Waals surface area contributed by atoms with Crippen molar-refractivity contribution in [2.75, 3.05) is 26.7 Å². The van der Waals surface area contributed by atoms with Crippen LogP contribution >= 0.6 is 0 Å². The molecule has 2 N–H and O–H groups in total. The summed E-state index contributed by atoms with van der Waals surface area (Å²) in [7, 11) is 2.22. The number of hydrogen-bond acceptors (Lipinski definition) is 2. The molecule has 0 amide bonds. The average molecular weight is 186 g/mol. The van der Waals surface area contributed by atoms with Gasteiger partial charge in [-0.2, -0.15) is 0 Å². The molecule has 0 aliphatic heterocycles. The van der Waals surface area contributed by atoms with Crippen LogP contribution in [0.4, 0.5) is 0 Å². The monoisotopic (exact) mass is 186 g/mol. The highest BCUT2D eigenvalue weighted by molar-refractivity contribution is 4.52. The molecule has 0 fully saturated rings. The number of nitrogens with two attached hydrogens (primary N) is 1. The van der Waals surface area contributed by atoms with Gasteiger partial charge in [0.25, 0.3) is 0 Å². The van der Waals surface area contributed by atoms with Crippen LogP contribution < -0.4 is 5.73 Å². The maximum atomic E-state index is 5.43. The Labute approximate surface area is 83.5 Å². The van der Waals surface area contributed by atoms with Crippen LogP contribution in [0.3, 0.4) is 0 Å². The van der Waals surface area contributed by atoms with Crippen molar-refractivity contribution in [3.8, 4) is 0 Å². The summed E-state index contributed by atoms with van der Waals surface area (Å²) < 4.78 is 0. The lowest BCUT2D eigenvalue weighted by atomic mass is 10.2. The molecule has 80 valence electrons. The van der Waals surface area contributed by atoms with Crippen molar-refractivity contribution in [2.24, 2.45) is 5.73 Å². The van der Waals surface area contributed by atoms with Gasteiger partial charge in [0.15, 0.2) is 0 Å². The molecule has 2 heteroatoms. The molecule has 0 spiro atoms. The summed E-state index contributed by atoms with van der Waals surface area (Å²) in [6.45, 7) is 5.61. The molecule has 0 atom stereocenters. The van der Waals surface area contributed by atoms with Gasteiger partial charge < -0.3 is 10.6 Å². The molecule has 0 bridgehead atoms. The second-order valence-corrected chi connectivity index (χ2v) is 3.86. The molecule has 0 saturated carbocycles. The molecule has 0 aromatic heterocycles. The average Bonchev–Trinajstić information content (AvgIpc) is 2.14. The number of nitrogens with zero attached hydrogens (tertiary/aromatic N) is 1. The first-order valence-corrected chi connectivity index (χ1v) is 5.70. The highest BCUT2D eigenvalue weighted by Gasteiger charge is 1.96. The van der Waals surface area contributed by atoms with Crippen LogP contribution in [-0.2, 0) is 0 Å². The molecule has 0 aliphatic carbocycles. The first-order chi connectivity index (χ1) is 6.31. The predicted octanol–water partition coefficient (Wildman–Crippen LogP) is 2.24. The fourth-order valence-electron chi connectivity index (χ4n) is 1.42. The van der Waals surface area contributed by atoms with Crippen LogP contribution in [0.25, 0.3) is 0 Å². The van der Waals surface area contributed by atoms with Gasteiger partial charge in [-0.3, -0.25) is 0 Å². The third-order valence-electron chi connectivity index (χ3n) is 2.39. The minimum absolute atomic E-state index is 0.853. The zero-order chi connectivity index (χ0) is 9.94. The molecule has 0 aromatic rings. The van der Waals surface area contributed by atoms with Gasteiger partial charge in [0.05, 0.1) is 0 Å². The Bertz CT molecular complexity index is 94.1. The van der Waals surface area contributed by atoms with Crippen LogP contribution in [0.15, 0.2) is 0 Å². The lowest BCUT2D eigenvalue weighted by Crippen LogP contribution is -2.20. The van der Waals surface area contributed by atoms with Gasteiger partial charge in [0.2, 0.25) is 0 Å². The molecule has 2 nitrogen and oxygen atoms in total. The minimum Gasteiger partial charge on any atom is -0.330 e. The predicted molar refractivity (Wildman–Crippen MR) is 59.9 cm³/mol. The Hall–Kier alpha value is -0.0800. The number of hydrogen-bond donors (Lipinski definition) is 1. The van der Waals surface area contributed by atoms with Crippen LogP contribution in [0.5, 0.6) is 0 Å². The third-order valence-corrected chi connectivity index (χ3v) is 2.39. The maximum Gasteiger partial charge on any atom is -0.00218 e. The van der Waals surface area contributed by atoms with E-state index in [-0.39, 0.29) is 0 Å². The van der Waals surface area contributed by atoms with E-state index in [1.165, 1.54) is 51.6 Å². The van der Waals surface area contributed by atoms with E-state index in [1.54, 1.807) is 0 Å². The van der Waals surface area contributed by atoms with E-state index in [2.05, 4.69) is 18.9 Å². The number of rotatable bonds is 9. The molecular formula is C11H26N2. The zero-order valence-electron chi connectivity index (χ0n) is 9.39. The van der Waals surface area contributed by atoms with Gasteiger partial charge in [-0.05, 0) is 45.9 Å². The SMILES string of the molecule is CCCCN(C)CCCCCCN. The number of unbranched alkanes of at least 4 members (excludes halogenated alkanes) is 4. The summed E-state index contributed by atoms with van der Waals surface area (Å²) in [5.74, 6) is 0. The Morgan fingerprint density at radius 2 is 1.54 bits per heavy atom. The van der Waals surface area contributed by atoms with Crippen LogP contribution in [0.2, 0.25) is 0 Å². The highest BCUT2D eigenvalue weighted by atomic mass is 15.1. The minimum atomic E-state index is 0.853. The molecule has 0 aromatic carbocycles. The molecule has 0 saturated heterocycles. The summed E-state index contributed by atoms with van der Waals surface area (Å²) >= 11 is 0. The van der Waals surface area contributed by atoms with Crippen molar-refractivity contribution < 1.29 is 0 Å².